The van der Waals surface area contributed by atoms with E-state index in [1.165, 1.54) is 18.6 Å². The number of nitrogens with one attached hydrogen (secondary N) is 2. The monoisotopic (exact) mass is 332 g/mol. The van der Waals surface area contributed by atoms with Crippen LogP contribution < -0.4 is 22.7 Å². The van der Waals surface area contributed by atoms with Crippen molar-refractivity contribution in [3.8, 4) is 0 Å². The maximum atomic E-state index is 11.0. The lowest BCUT2D eigenvalue weighted by molar-refractivity contribution is -0.130. The molecule has 24 heavy (non-hydrogen) atoms. The van der Waals surface area contributed by atoms with E-state index in [0.29, 0.717) is 11.2 Å². The maximum Gasteiger partial charge on any atom is 0.354 e. The molecule has 0 amide bonds. The fraction of sp³-hybridized carbons (Fsp3) is 0. The van der Waals surface area contributed by atoms with E-state index in [4.69, 9.17) is 16.6 Å². The highest BCUT2D eigenvalue weighted by molar-refractivity contribution is 6.07. The first kappa shape index (κ1) is 16.4. The zero-order valence-corrected chi connectivity index (χ0v) is 12.1. The molecule has 0 saturated carbocycles. The standard InChI is InChI=1S/C7H7N3O3.C5H5N5O/c1-4(6(11)12)10-3-2-5(8)9-7(10)13;6-5-9-3-2(4(11)10-5)7-1-8-3/h2-3H,1H2,(H,11,12)(H2,8,9,13);1H,(H4,6,7,8,9,10,11). The second-order valence-corrected chi connectivity index (χ2v) is 4.31. The molecule has 0 spiro atoms. The van der Waals surface area contributed by atoms with Crippen molar-refractivity contribution >= 4 is 34.6 Å². The number of imidazole rings is 1. The number of hydrogen-bond acceptors (Lipinski definition) is 8. The summed E-state index contributed by atoms with van der Waals surface area (Å²) in [4.78, 5) is 48.3. The Kier molecular flexibility index (Phi) is 4.40. The number of H-pyrrole nitrogens is 2. The zero-order chi connectivity index (χ0) is 17.9. The van der Waals surface area contributed by atoms with Gasteiger partial charge in [0.05, 0.1) is 6.33 Å². The van der Waals surface area contributed by atoms with Crippen LogP contribution in [0.5, 0.6) is 0 Å². The van der Waals surface area contributed by atoms with E-state index >= 15 is 0 Å². The summed E-state index contributed by atoms with van der Waals surface area (Å²) in [6, 6.07) is 1.32. The lowest BCUT2D eigenvalue weighted by Gasteiger charge is -2.02. The molecular weight excluding hydrogens is 320 g/mol. The molecule has 3 aromatic heterocycles. The second-order valence-electron chi connectivity index (χ2n) is 4.31. The molecule has 0 aliphatic heterocycles. The van der Waals surface area contributed by atoms with Crippen LogP contribution in [0.2, 0.25) is 0 Å². The number of anilines is 2. The number of carboxylic acids is 1. The molecule has 0 radical (unpaired) electrons. The van der Waals surface area contributed by atoms with Gasteiger partial charge >= 0.3 is 11.7 Å². The summed E-state index contributed by atoms with van der Waals surface area (Å²) in [5, 5.41) is 8.51. The molecule has 0 saturated heterocycles. The third kappa shape index (κ3) is 3.44. The minimum Gasteiger partial charge on any atom is -0.477 e. The lowest BCUT2D eigenvalue weighted by atomic mass is 10.4. The van der Waals surface area contributed by atoms with Gasteiger partial charge in [0, 0.05) is 6.20 Å². The number of aromatic nitrogens is 6. The van der Waals surface area contributed by atoms with Gasteiger partial charge in [-0.3, -0.25) is 14.3 Å². The Hall–Kier alpha value is -3.96. The van der Waals surface area contributed by atoms with Crippen molar-refractivity contribution in [2.24, 2.45) is 0 Å². The number of nitrogens with two attached hydrogens (primary N) is 2. The van der Waals surface area contributed by atoms with Crippen LogP contribution in [0.25, 0.3) is 16.9 Å². The first-order valence-electron chi connectivity index (χ1n) is 6.26. The molecule has 0 atom stereocenters. The smallest absolute Gasteiger partial charge is 0.354 e. The molecule has 0 fully saturated rings. The zero-order valence-electron chi connectivity index (χ0n) is 12.1. The Bertz CT molecular complexity index is 1030. The summed E-state index contributed by atoms with van der Waals surface area (Å²) in [5.74, 6) is -1.16. The van der Waals surface area contributed by atoms with Gasteiger partial charge in [0.25, 0.3) is 5.56 Å². The highest BCUT2D eigenvalue weighted by Gasteiger charge is 2.08. The topological polar surface area (TPSA) is 199 Å². The van der Waals surface area contributed by atoms with Crippen LogP contribution in [0.1, 0.15) is 0 Å². The van der Waals surface area contributed by atoms with E-state index in [0.717, 1.165) is 4.57 Å². The molecule has 0 unspecified atom stereocenters. The van der Waals surface area contributed by atoms with Crippen LogP contribution >= 0.6 is 0 Å². The molecule has 12 heteroatoms. The largest absolute Gasteiger partial charge is 0.477 e. The van der Waals surface area contributed by atoms with Crippen molar-refractivity contribution < 1.29 is 9.90 Å². The van der Waals surface area contributed by atoms with Gasteiger partial charge in [0.1, 0.15) is 11.5 Å². The minimum atomic E-state index is -1.28. The van der Waals surface area contributed by atoms with Gasteiger partial charge in [-0.2, -0.15) is 9.97 Å². The predicted octanol–water partition coefficient (Wildman–Crippen LogP) is -1.39. The minimum absolute atomic E-state index is 0.0411. The average molecular weight is 332 g/mol. The fourth-order valence-electron chi connectivity index (χ4n) is 1.58. The van der Waals surface area contributed by atoms with Crippen LogP contribution in [-0.4, -0.2) is 40.6 Å². The van der Waals surface area contributed by atoms with Gasteiger partial charge in [-0.15, -0.1) is 0 Å². The Morgan fingerprint density at radius 3 is 2.62 bits per heavy atom. The number of nitrogen functional groups attached to an aromatic ring is 2. The van der Waals surface area contributed by atoms with Gasteiger partial charge in [-0.1, -0.05) is 6.58 Å². The van der Waals surface area contributed by atoms with Gasteiger partial charge in [0.15, 0.2) is 11.2 Å². The Labute approximate surface area is 132 Å². The molecule has 0 bridgehead atoms. The van der Waals surface area contributed by atoms with Crippen LogP contribution in [0.15, 0.2) is 34.8 Å². The number of rotatable bonds is 2. The molecule has 124 valence electrons. The SMILES string of the molecule is C=C(C(=O)O)n1ccc(N)nc1=O.Nc1nc2nc[nH]c2c(=O)[nH]1. The van der Waals surface area contributed by atoms with Crippen molar-refractivity contribution in [3.63, 3.8) is 0 Å². The molecule has 3 heterocycles. The third-order valence-corrected chi connectivity index (χ3v) is 2.68. The van der Waals surface area contributed by atoms with Crippen LogP contribution in [0.3, 0.4) is 0 Å². The number of aromatic amines is 2. The predicted molar refractivity (Wildman–Crippen MR) is 84.8 cm³/mol. The van der Waals surface area contributed by atoms with Crippen molar-refractivity contribution in [2.75, 3.05) is 11.5 Å². The number of carboxylic acid groups (broad SMARTS) is 1. The summed E-state index contributed by atoms with van der Waals surface area (Å²) in [5.41, 5.74) is 9.73. The Morgan fingerprint density at radius 2 is 2.00 bits per heavy atom. The summed E-state index contributed by atoms with van der Waals surface area (Å²) in [6.07, 6.45) is 2.60. The summed E-state index contributed by atoms with van der Waals surface area (Å²) < 4.78 is 0.804. The number of hydrogen-bond donors (Lipinski definition) is 5. The van der Waals surface area contributed by atoms with Crippen molar-refractivity contribution in [1.82, 2.24) is 29.5 Å². The van der Waals surface area contributed by atoms with E-state index in [1.54, 1.807) is 0 Å². The molecule has 0 aliphatic rings. The van der Waals surface area contributed by atoms with Gasteiger partial charge in [-0.25, -0.2) is 14.6 Å². The average Bonchev–Trinajstić information content (AvgIpc) is 2.95. The highest BCUT2D eigenvalue weighted by Crippen LogP contribution is 1.99. The summed E-state index contributed by atoms with van der Waals surface area (Å²) in [7, 11) is 0. The first-order chi connectivity index (χ1) is 11.3. The van der Waals surface area contributed by atoms with Gasteiger partial charge < -0.3 is 21.6 Å². The summed E-state index contributed by atoms with van der Waals surface area (Å²) in [6.45, 7) is 3.20. The maximum absolute atomic E-state index is 11.0. The number of nitrogens with zero attached hydrogens (tertiary/aromatic N) is 4. The van der Waals surface area contributed by atoms with Crippen LogP contribution in [0.4, 0.5) is 11.8 Å². The first-order valence-corrected chi connectivity index (χ1v) is 6.26. The summed E-state index contributed by atoms with van der Waals surface area (Å²) >= 11 is 0. The number of carbonyl (C=O) groups is 1. The van der Waals surface area contributed by atoms with E-state index in [9.17, 15) is 14.4 Å². The van der Waals surface area contributed by atoms with E-state index in [-0.39, 0.29) is 23.0 Å². The van der Waals surface area contributed by atoms with Crippen LogP contribution in [-0.2, 0) is 4.79 Å². The Balaban J connectivity index is 0.000000175. The van der Waals surface area contributed by atoms with Gasteiger partial charge in [0.2, 0.25) is 5.95 Å². The lowest BCUT2D eigenvalue weighted by Crippen LogP contribution is -2.24. The quantitative estimate of drug-likeness (QED) is 0.350. The fourth-order valence-corrected chi connectivity index (χ4v) is 1.58. The Morgan fingerprint density at radius 1 is 1.29 bits per heavy atom. The van der Waals surface area contributed by atoms with E-state index in [1.807, 2.05) is 0 Å². The normalized spacial score (nSPS) is 10.0. The van der Waals surface area contributed by atoms with Crippen LogP contribution in [0, 0.1) is 0 Å². The molecule has 0 aromatic carbocycles. The van der Waals surface area contributed by atoms with E-state index in [2.05, 4.69) is 31.5 Å². The molecule has 0 aliphatic carbocycles. The molecule has 7 N–H and O–H groups in total. The highest BCUT2D eigenvalue weighted by atomic mass is 16.4. The second kappa shape index (κ2) is 6.43. The van der Waals surface area contributed by atoms with Crippen molar-refractivity contribution in [3.05, 3.63) is 46.0 Å². The molecule has 3 aromatic rings. The molecule has 3 rings (SSSR count). The molecular formula is C12H12N8O4. The van der Waals surface area contributed by atoms with Crippen molar-refractivity contribution in [2.45, 2.75) is 0 Å². The van der Waals surface area contributed by atoms with E-state index < -0.39 is 11.7 Å². The van der Waals surface area contributed by atoms with Crippen molar-refractivity contribution in [1.29, 1.82) is 0 Å². The number of aliphatic carboxylic acids is 1. The third-order valence-electron chi connectivity index (χ3n) is 2.68. The number of fused-ring (bicyclic) bond motifs is 1. The molecule has 12 nitrogen and oxygen atoms in total. The van der Waals surface area contributed by atoms with Gasteiger partial charge in [-0.05, 0) is 6.07 Å².